The van der Waals surface area contributed by atoms with E-state index in [0.29, 0.717) is 21.2 Å². The molecule has 128 valence electrons. The molecule has 3 rings (SSSR count). The van der Waals surface area contributed by atoms with Crippen molar-refractivity contribution in [3.8, 4) is 0 Å². The summed E-state index contributed by atoms with van der Waals surface area (Å²) in [5, 5.41) is 1.05. The van der Waals surface area contributed by atoms with Gasteiger partial charge >= 0.3 is 0 Å². The molecule has 0 saturated carbocycles. The van der Waals surface area contributed by atoms with Gasteiger partial charge < -0.3 is 9.47 Å². The molecular formula is C19H14Cl2O4. The summed E-state index contributed by atoms with van der Waals surface area (Å²) in [5.41, 5.74) is 1.58. The first kappa shape index (κ1) is 17.8. The molecular weight excluding hydrogens is 363 g/mol. The molecule has 1 aliphatic rings. The minimum Gasteiger partial charge on any atom is -0.341 e. The molecule has 0 amide bonds. The van der Waals surface area contributed by atoms with Crippen LogP contribution in [0.2, 0.25) is 10.0 Å². The highest BCUT2D eigenvalue weighted by Gasteiger charge is 2.56. The minimum absolute atomic E-state index is 0.229. The molecule has 0 N–H and O–H groups in total. The lowest BCUT2D eigenvalue weighted by Gasteiger charge is -2.22. The maximum absolute atomic E-state index is 13.0. The van der Waals surface area contributed by atoms with Gasteiger partial charge in [-0.2, -0.15) is 0 Å². The first-order valence-corrected chi connectivity index (χ1v) is 8.16. The molecule has 0 saturated heterocycles. The minimum atomic E-state index is -1.98. The smallest absolute Gasteiger partial charge is 0.299 e. The third kappa shape index (κ3) is 2.81. The van der Waals surface area contributed by atoms with Crippen molar-refractivity contribution in [1.82, 2.24) is 0 Å². The van der Waals surface area contributed by atoms with E-state index in [2.05, 4.69) is 0 Å². The summed E-state index contributed by atoms with van der Waals surface area (Å²) < 4.78 is 10.4. The Bertz CT molecular complexity index is 794. The average Bonchev–Trinajstić information content (AvgIpc) is 2.84. The summed E-state index contributed by atoms with van der Waals surface area (Å²) in [6.07, 6.45) is 0. The van der Waals surface area contributed by atoms with Crippen LogP contribution in [0.3, 0.4) is 0 Å². The van der Waals surface area contributed by atoms with Crippen LogP contribution in [0.1, 0.15) is 11.1 Å². The maximum atomic E-state index is 13.0. The van der Waals surface area contributed by atoms with Crippen LogP contribution in [0.15, 0.2) is 48.5 Å². The van der Waals surface area contributed by atoms with E-state index in [1.54, 1.807) is 48.5 Å². The lowest BCUT2D eigenvalue weighted by atomic mass is 9.96. The molecule has 0 unspecified atom stereocenters. The van der Waals surface area contributed by atoms with Crippen molar-refractivity contribution in [2.24, 2.45) is 0 Å². The molecule has 0 bridgehead atoms. The van der Waals surface area contributed by atoms with Crippen molar-refractivity contribution in [3.05, 3.63) is 69.7 Å². The molecule has 0 aromatic heterocycles. The van der Waals surface area contributed by atoms with Crippen LogP contribution in [-0.4, -0.2) is 31.6 Å². The van der Waals surface area contributed by atoms with E-state index in [0.717, 1.165) is 0 Å². The molecule has 0 fully saturated rings. The van der Waals surface area contributed by atoms with E-state index in [1.165, 1.54) is 14.2 Å². The van der Waals surface area contributed by atoms with Crippen LogP contribution in [-0.2, 0) is 19.1 Å². The van der Waals surface area contributed by atoms with Gasteiger partial charge in [0, 0.05) is 35.4 Å². The summed E-state index contributed by atoms with van der Waals surface area (Å²) in [4.78, 5) is 26.1. The monoisotopic (exact) mass is 376 g/mol. The molecule has 25 heavy (non-hydrogen) atoms. The number of carbonyl (C=O) groups is 2. The molecule has 0 spiro atoms. The lowest BCUT2D eigenvalue weighted by molar-refractivity contribution is -0.197. The fourth-order valence-corrected chi connectivity index (χ4v) is 3.15. The van der Waals surface area contributed by atoms with Crippen LogP contribution in [0.4, 0.5) is 0 Å². The number of methoxy groups -OCH3 is 2. The van der Waals surface area contributed by atoms with E-state index >= 15 is 0 Å². The highest BCUT2D eigenvalue weighted by molar-refractivity contribution is 6.55. The molecule has 2 aromatic rings. The molecule has 4 nitrogen and oxygen atoms in total. The average molecular weight is 377 g/mol. The molecule has 0 atom stereocenters. The standard InChI is InChI=1S/C19H14Cl2O4/c1-24-19(25-2)17(22)15(11-3-7-13(20)8-4-11)16(18(19)23)12-5-9-14(21)10-6-12/h3-10H,1-2H3. The topological polar surface area (TPSA) is 52.6 Å². The van der Waals surface area contributed by atoms with Crippen LogP contribution >= 0.6 is 23.2 Å². The molecule has 1 aliphatic carbocycles. The number of ketones is 2. The van der Waals surface area contributed by atoms with E-state index in [1.807, 2.05) is 0 Å². The second-order valence-corrected chi connectivity index (χ2v) is 6.32. The van der Waals surface area contributed by atoms with Crippen LogP contribution in [0.25, 0.3) is 11.1 Å². The summed E-state index contributed by atoms with van der Waals surface area (Å²) in [5.74, 6) is -3.08. The third-order valence-corrected chi connectivity index (χ3v) is 4.65. The SMILES string of the molecule is COC1(OC)C(=O)C(c2ccc(Cl)cc2)=C(c2ccc(Cl)cc2)C1=O. The van der Waals surface area contributed by atoms with Crippen molar-refractivity contribution in [2.45, 2.75) is 5.79 Å². The zero-order valence-corrected chi connectivity index (χ0v) is 15.0. The third-order valence-electron chi connectivity index (χ3n) is 4.14. The summed E-state index contributed by atoms with van der Waals surface area (Å²) >= 11 is 11.9. The largest absolute Gasteiger partial charge is 0.341 e. The lowest BCUT2D eigenvalue weighted by Crippen LogP contribution is -2.46. The Morgan fingerprint density at radius 3 is 1.28 bits per heavy atom. The normalized spacial score (nSPS) is 16.6. The van der Waals surface area contributed by atoms with Gasteiger partial charge in [-0.1, -0.05) is 47.5 Å². The Balaban J connectivity index is 2.28. The summed E-state index contributed by atoms with van der Waals surface area (Å²) in [6, 6.07) is 13.3. The predicted octanol–water partition coefficient (Wildman–Crippen LogP) is 4.05. The molecule has 0 aliphatic heterocycles. The number of ether oxygens (including phenoxy) is 2. The van der Waals surface area contributed by atoms with Gasteiger partial charge in [0.05, 0.1) is 0 Å². The molecule has 0 radical (unpaired) electrons. The van der Waals surface area contributed by atoms with Crippen molar-refractivity contribution in [3.63, 3.8) is 0 Å². The van der Waals surface area contributed by atoms with Gasteiger partial charge in [0.1, 0.15) is 0 Å². The van der Waals surface area contributed by atoms with Gasteiger partial charge in [-0.15, -0.1) is 0 Å². The van der Waals surface area contributed by atoms with Gasteiger partial charge in [-0.25, -0.2) is 0 Å². The highest BCUT2D eigenvalue weighted by Crippen LogP contribution is 2.42. The Labute approximate surface area is 155 Å². The van der Waals surface area contributed by atoms with Crippen LogP contribution < -0.4 is 0 Å². The zero-order valence-electron chi connectivity index (χ0n) is 13.5. The van der Waals surface area contributed by atoms with Crippen molar-refractivity contribution < 1.29 is 19.1 Å². The van der Waals surface area contributed by atoms with E-state index < -0.39 is 17.4 Å². The summed E-state index contributed by atoms with van der Waals surface area (Å²) in [6.45, 7) is 0. The van der Waals surface area contributed by atoms with Gasteiger partial charge in [-0.05, 0) is 35.4 Å². The number of hydrogen-bond acceptors (Lipinski definition) is 4. The Hall–Kier alpha value is -1.98. The molecule has 2 aromatic carbocycles. The van der Waals surface area contributed by atoms with Gasteiger partial charge in [-0.3, -0.25) is 9.59 Å². The van der Waals surface area contributed by atoms with Crippen LogP contribution in [0, 0.1) is 0 Å². The summed E-state index contributed by atoms with van der Waals surface area (Å²) in [7, 11) is 2.53. The number of carbonyl (C=O) groups excluding carboxylic acids is 2. The predicted molar refractivity (Wildman–Crippen MR) is 96.5 cm³/mol. The quantitative estimate of drug-likeness (QED) is 0.596. The Kier molecular flexibility index (Phi) is 4.80. The number of halogens is 2. The molecule has 6 heteroatoms. The van der Waals surface area contributed by atoms with Crippen molar-refractivity contribution in [2.75, 3.05) is 14.2 Å². The Morgan fingerprint density at radius 1 is 0.680 bits per heavy atom. The first-order valence-electron chi connectivity index (χ1n) is 7.40. The second-order valence-electron chi connectivity index (χ2n) is 5.45. The number of rotatable bonds is 4. The fraction of sp³-hybridized carbons (Fsp3) is 0.158. The number of benzene rings is 2. The molecule has 0 heterocycles. The van der Waals surface area contributed by atoms with E-state index in [9.17, 15) is 9.59 Å². The Morgan fingerprint density at radius 2 is 1.00 bits per heavy atom. The van der Waals surface area contributed by atoms with Crippen molar-refractivity contribution in [1.29, 1.82) is 0 Å². The maximum Gasteiger partial charge on any atom is 0.299 e. The number of Topliss-reactive ketones (excluding diaryl/α,β-unsaturated/α-hetero) is 2. The van der Waals surface area contributed by atoms with Gasteiger partial charge in [0.25, 0.3) is 5.79 Å². The van der Waals surface area contributed by atoms with E-state index in [-0.39, 0.29) is 11.1 Å². The van der Waals surface area contributed by atoms with Crippen molar-refractivity contribution >= 4 is 45.9 Å². The second kappa shape index (κ2) is 6.73. The zero-order chi connectivity index (χ0) is 18.2. The fourth-order valence-electron chi connectivity index (χ4n) is 2.90. The van der Waals surface area contributed by atoms with E-state index in [4.69, 9.17) is 32.7 Å². The first-order chi connectivity index (χ1) is 11.9. The van der Waals surface area contributed by atoms with Gasteiger partial charge in [0.2, 0.25) is 11.6 Å². The van der Waals surface area contributed by atoms with Crippen LogP contribution in [0.5, 0.6) is 0 Å². The van der Waals surface area contributed by atoms with Gasteiger partial charge in [0.15, 0.2) is 0 Å². The highest BCUT2D eigenvalue weighted by atomic mass is 35.5. The number of hydrogen-bond donors (Lipinski definition) is 0.